The van der Waals surface area contributed by atoms with Gasteiger partial charge in [-0.3, -0.25) is 15.0 Å². The Morgan fingerprint density at radius 1 is 1.39 bits per heavy atom. The van der Waals surface area contributed by atoms with E-state index in [0.29, 0.717) is 26.9 Å². The van der Waals surface area contributed by atoms with Crippen LogP contribution < -0.4 is 5.43 Å². The molecule has 122 valence electrons. The zero-order valence-corrected chi connectivity index (χ0v) is 15.4. The lowest BCUT2D eigenvalue weighted by Crippen LogP contribution is -2.44. The van der Waals surface area contributed by atoms with Crippen molar-refractivity contribution in [3.05, 3.63) is 38.7 Å². The predicted octanol–water partition coefficient (Wildman–Crippen LogP) is 4.42. The lowest BCUT2D eigenvalue weighted by Gasteiger charge is -2.15. The first-order chi connectivity index (χ1) is 10.9. The van der Waals surface area contributed by atoms with Gasteiger partial charge in [-0.25, -0.2) is 0 Å². The Labute approximate surface area is 154 Å². The Kier molecular flexibility index (Phi) is 6.47. The molecule has 1 fully saturated rings. The topological polar surface area (TPSA) is 49.4 Å². The van der Waals surface area contributed by atoms with Gasteiger partial charge in [0.05, 0.1) is 4.91 Å². The molecule has 0 bridgehead atoms. The van der Waals surface area contributed by atoms with Gasteiger partial charge in [-0.15, -0.1) is 0 Å². The molecule has 1 aliphatic rings. The molecule has 23 heavy (non-hydrogen) atoms. The summed E-state index contributed by atoms with van der Waals surface area (Å²) in [6.45, 7) is 1.99. The maximum absolute atomic E-state index is 12.4. The van der Waals surface area contributed by atoms with Crippen molar-refractivity contribution in [1.29, 1.82) is 0 Å². The Balaban J connectivity index is 2.18. The summed E-state index contributed by atoms with van der Waals surface area (Å²) in [6.07, 6.45) is 3.59. The van der Waals surface area contributed by atoms with Gasteiger partial charge in [-0.1, -0.05) is 54.4 Å². The van der Waals surface area contributed by atoms with Crippen LogP contribution in [0.1, 0.15) is 31.7 Å². The molecule has 0 unspecified atom stereocenters. The molecule has 0 radical (unpaired) electrons. The smallest absolute Gasteiger partial charge is 0.273 e. The molecular formula is C15H14Cl2N2O2S2. The molecule has 0 aliphatic carbocycles. The van der Waals surface area contributed by atoms with Crippen molar-refractivity contribution in [2.75, 3.05) is 0 Å². The zero-order valence-electron chi connectivity index (χ0n) is 12.3. The van der Waals surface area contributed by atoms with Crippen LogP contribution in [-0.2, 0) is 9.59 Å². The molecule has 0 aromatic heterocycles. The van der Waals surface area contributed by atoms with Crippen LogP contribution in [0.15, 0.2) is 23.1 Å². The maximum atomic E-state index is 12.4. The fraction of sp³-hybridized carbons (Fsp3) is 0.267. The summed E-state index contributed by atoms with van der Waals surface area (Å²) in [7, 11) is 0. The van der Waals surface area contributed by atoms with Crippen molar-refractivity contribution in [3.8, 4) is 0 Å². The van der Waals surface area contributed by atoms with Crippen LogP contribution in [-0.4, -0.2) is 21.1 Å². The predicted molar refractivity (Wildman–Crippen MR) is 99.1 cm³/mol. The molecule has 1 aromatic carbocycles. The number of thioether (sulfide) groups is 1. The van der Waals surface area contributed by atoms with Gasteiger partial charge in [0.1, 0.15) is 0 Å². The second-order valence-corrected chi connectivity index (χ2v) is 7.28. The van der Waals surface area contributed by atoms with Gasteiger partial charge in [0, 0.05) is 22.0 Å². The van der Waals surface area contributed by atoms with Crippen molar-refractivity contribution in [2.45, 2.75) is 26.2 Å². The van der Waals surface area contributed by atoms with Crippen LogP contribution in [0.5, 0.6) is 0 Å². The lowest BCUT2D eigenvalue weighted by atomic mass is 10.2. The van der Waals surface area contributed by atoms with Crippen LogP contribution in [0.25, 0.3) is 6.08 Å². The van der Waals surface area contributed by atoms with E-state index in [4.69, 9.17) is 35.4 Å². The van der Waals surface area contributed by atoms with Gasteiger partial charge in [0.25, 0.3) is 5.91 Å². The van der Waals surface area contributed by atoms with Crippen molar-refractivity contribution in [1.82, 2.24) is 10.4 Å². The first kappa shape index (κ1) is 18.3. The number of nitrogens with zero attached hydrogens (tertiary/aromatic N) is 1. The monoisotopic (exact) mass is 388 g/mol. The number of hydrogen-bond donors (Lipinski definition) is 1. The second-order valence-electron chi connectivity index (χ2n) is 4.79. The molecule has 2 amide bonds. The lowest BCUT2D eigenvalue weighted by molar-refractivity contribution is -0.133. The number of hydrogen-bond acceptors (Lipinski definition) is 4. The molecule has 1 saturated heterocycles. The zero-order chi connectivity index (χ0) is 17.0. The van der Waals surface area contributed by atoms with Crippen LogP contribution in [0.3, 0.4) is 0 Å². The highest BCUT2D eigenvalue weighted by Gasteiger charge is 2.33. The van der Waals surface area contributed by atoms with Crippen molar-refractivity contribution in [2.24, 2.45) is 0 Å². The van der Waals surface area contributed by atoms with Gasteiger partial charge in [0.2, 0.25) is 5.91 Å². The van der Waals surface area contributed by atoms with E-state index in [0.717, 1.165) is 29.6 Å². The normalized spacial score (nSPS) is 16.3. The molecule has 1 aliphatic heterocycles. The Morgan fingerprint density at radius 2 is 2.04 bits per heavy atom. The summed E-state index contributed by atoms with van der Waals surface area (Å²) < 4.78 is 0.272. The summed E-state index contributed by atoms with van der Waals surface area (Å²) >= 11 is 18.5. The number of benzene rings is 1. The van der Waals surface area contributed by atoms with E-state index in [1.54, 1.807) is 24.3 Å². The fourth-order valence-electron chi connectivity index (χ4n) is 1.86. The summed E-state index contributed by atoms with van der Waals surface area (Å²) in [6, 6.07) is 5.10. The van der Waals surface area contributed by atoms with E-state index >= 15 is 0 Å². The Bertz CT molecular complexity index is 672. The molecule has 1 aromatic rings. The highest BCUT2D eigenvalue weighted by atomic mass is 35.5. The summed E-state index contributed by atoms with van der Waals surface area (Å²) in [4.78, 5) is 24.5. The molecular weight excluding hydrogens is 375 g/mol. The van der Waals surface area contributed by atoms with Gasteiger partial charge >= 0.3 is 0 Å². The molecule has 1 N–H and O–H groups in total. The van der Waals surface area contributed by atoms with E-state index in [1.807, 2.05) is 6.92 Å². The highest BCUT2D eigenvalue weighted by Crippen LogP contribution is 2.34. The fourth-order valence-corrected chi connectivity index (χ4v) is 3.53. The maximum Gasteiger partial charge on any atom is 0.285 e. The standard InChI is InChI=1S/C15H14Cl2N2O2S2/c1-2-3-7-13(20)18-19-14(21)12(23-15(19)22)8-9-10(16)5-4-6-11(9)17/h4-6,8H,2-3,7H2,1H3,(H,18,20)/b12-8+. The highest BCUT2D eigenvalue weighted by molar-refractivity contribution is 8.26. The first-order valence-electron chi connectivity index (χ1n) is 6.95. The van der Waals surface area contributed by atoms with Gasteiger partial charge in [-0.2, -0.15) is 5.01 Å². The number of rotatable bonds is 5. The van der Waals surface area contributed by atoms with Crippen molar-refractivity contribution >= 4 is 69.4 Å². The Hall–Kier alpha value is -1.08. The van der Waals surface area contributed by atoms with E-state index in [-0.39, 0.29) is 16.1 Å². The number of thiocarbonyl (C=S) groups is 1. The van der Waals surface area contributed by atoms with E-state index in [1.165, 1.54) is 0 Å². The molecule has 0 saturated carbocycles. The third kappa shape index (κ3) is 4.47. The molecule has 0 spiro atoms. The summed E-state index contributed by atoms with van der Waals surface area (Å²) in [5, 5.41) is 1.97. The van der Waals surface area contributed by atoms with E-state index in [2.05, 4.69) is 5.43 Å². The Morgan fingerprint density at radius 3 is 2.65 bits per heavy atom. The SMILES string of the molecule is CCCCC(=O)NN1C(=O)/C(=C\c2c(Cl)cccc2Cl)SC1=S. The third-order valence-corrected chi connectivity index (χ3v) is 5.02. The largest absolute Gasteiger partial charge is 0.285 e. The minimum Gasteiger partial charge on any atom is -0.273 e. The minimum atomic E-state index is -0.388. The quantitative estimate of drug-likeness (QED) is 0.599. The summed E-state index contributed by atoms with van der Waals surface area (Å²) in [5.74, 6) is -0.624. The second kappa shape index (κ2) is 8.15. The van der Waals surface area contributed by atoms with Crippen molar-refractivity contribution in [3.63, 3.8) is 0 Å². The van der Waals surface area contributed by atoms with Crippen molar-refractivity contribution < 1.29 is 9.59 Å². The molecule has 8 heteroatoms. The number of carbonyl (C=O) groups excluding carboxylic acids is 2. The van der Waals surface area contributed by atoms with E-state index < -0.39 is 0 Å². The third-order valence-electron chi connectivity index (χ3n) is 3.06. The first-order valence-corrected chi connectivity index (χ1v) is 8.93. The molecule has 2 rings (SSSR count). The average Bonchev–Trinajstić information content (AvgIpc) is 2.76. The number of nitrogens with one attached hydrogen (secondary N) is 1. The van der Waals surface area contributed by atoms with Gasteiger partial charge in [0.15, 0.2) is 4.32 Å². The van der Waals surface area contributed by atoms with Crippen LogP contribution >= 0.6 is 47.2 Å². The van der Waals surface area contributed by atoms with E-state index in [9.17, 15) is 9.59 Å². The number of hydrazine groups is 1. The number of carbonyl (C=O) groups is 2. The number of amides is 2. The number of halogens is 2. The number of unbranched alkanes of at least 4 members (excludes halogenated alkanes) is 1. The van der Waals surface area contributed by atoms with Crippen LogP contribution in [0.4, 0.5) is 0 Å². The van der Waals surface area contributed by atoms with Gasteiger partial charge < -0.3 is 0 Å². The molecule has 4 nitrogen and oxygen atoms in total. The molecule has 1 heterocycles. The minimum absolute atomic E-state index is 0.236. The van der Waals surface area contributed by atoms with Crippen LogP contribution in [0, 0.1) is 0 Å². The summed E-state index contributed by atoms with van der Waals surface area (Å²) in [5.41, 5.74) is 3.08. The average molecular weight is 389 g/mol. The molecule has 0 atom stereocenters. The van der Waals surface area contributed by atoms with Gasteiger partial charge in [-0.05, 0) is 36.8 Å². The van der Waals surface area contributed by atoms with Crippen LogP contribution in [0.2, 0.25) is 10.0 Å².